The minimum atomic E-state index is -0.486. The summed E-state index contributed by atoms with van der Waals surface area (Å²) in [5.74, 6) is -0.486. The van der Waals surface area contributed by atoms with E-state index >= 15 is 0 Å². The zero-order valence-corrected chi connectivity index (χ0v) is 12.1. The number of nitrogens with two attached hydrogens (primary N) is 2. The number of carbonyl (C=O) groups is 1. The van der Waals surface area contributed by atoms with Crippen molar-refractivity contribution >= 4 is 50.5 Å². The van der Waals surface area contributed by atoms with Gasteiger partial charge in [-0.25, -0.2) is 0 Å². The van der Waals surface area contributed by atoms with Gasteiger partial charge in [-0.15, -0.1) is 0 Å². The quantitative estimate of drug-likeness (QED) is 0.748. The van der Waals surface area contributed by atoms with Gasteiger partial charge in [-0.1, -0.05) is 11.6 Å². The summed E-state index contributed by atoms with van der Waals surface area (Å²) in [6, 6.07) is 10.3. The zero-order valence-electron chi connectivity index (χ0n) is 9.78. The second kappa shape index (κ2) is 5.50. The highest BCUT2D eigenvalue weighted by molar-refractivity contribution is 9.10. The first-order chi connectivity index (χ1) is 8.97. The second-order valence-corrected chi connectivity index (χ2v) is 5.18. The molecule has 0 aliphatic heterocycles. The topological polar surface area (TPSA) is 81.1 Å². The molecule has 0 atom stereocenters. The lowest BCUT2D eigenvalue weighted by atomic mass is 10.2. The van der Waals surface area contributed by atoms with Crippen LogP contribution in [-0.4, -0.2) is 5.91 Å². The van der Waals surface area contributed by atoms with E-state index in [2.05, 4.69) is 21.2 Å². The van der Waals surface area contributed by atoms with Crippen LogP contribution in [0.4, 0.5) is 17.1 Å². The number of nitrogen functional groups attached to an aromatic ring is 1. The van der Waals surface area contributed by atoms with E-state index < -0.39 is 5.91 Å². The molecular weight excluding hydrogens is 330 g/mol. The highest BCUT2D eigenvalue weighted by atomic mass is 79.9. The SMILES string of the molecule is NC(=O)c1ccc(Nc2cc(N)ccc2Cl)cc1Br. The lowest BCUT2D eigenvalue weighted by Gasteiger charge is -2.10. The monoisotopic (exact) mass is 339 g/mol. The van der Waals surface area contributed by atoms with E-state index in [-0.39, 0.29) is 0 Å². The fourth-order valence-corrected chi connectivity index (χ4v) is 2.33. The summed E-state index contributed by atoms with van der Waals surface area (Å²) in [6.07, 6.45) is 0. The first-order valence-corrected chi connectivity index (χ1v) is 6.56. The number of hydrogen-bond acceptors (Lipinski definition) is 3. The minimum absolute atomic E-state index is 0.421. The van der Waals surface area contributed by atoms with Crippen molar-refractivity contribution in [2.45, 2.75) is 0 Å². The predicted octanol–water partition coefficient (Wildman–Crippen LogP) is 3.53. The summed E-state index contributed by atoms with van der Waals surface area (Å²) in [4.78, 5) is 11.1. The molecule has 5 N–H and O–H groups in total. The van der Waals surface area contributed by atoms with Crippen molar-refractivity contribution < 1.29 is 4.79 Å². The Morgan fingerprint density at radius 3 is 2.58 bits per heavy atom. The summed E-state index contributed by atoms with van der Waals surface area (Å²) >= 11 is 9.36. The Kier molecular flexibility index (Phi) is 3.97. The van der Waals surface area contributed by atoms with Gasteiger partial charge in [0.25, 0.3) is 0 Å². The van der Waals surface area contributed by atoms with E-state index in [4.69, 9.17) is 23.1 Å². The van der Waals surface area contributed by atoms with E-state index in [9.17, 15) is 4.79 Å². The van der Waals surface area contributed by atoms with Gasteiger partial charge in [0, 0.05) is 15.8 Å². The number of amides is 1. The molecule has 0 radical (unpaired) electrons. The van der Waals surface area contributed by atoms with E-state index in [1.165, 1.54) is 0 Å². The van der Waals surface area contributed by atoms with Gasteiger partial charge < -0.3 is 16.8 Å². The van der Waals surface area contributed by atoms with Crippen LogP contribution >= 0.6 is 27.5 Å². The Morgan fingerprint density at radius 1 is 1.21 bits per heavy atom. The Hall–Kier alpha value is -1.72. The molecule has 0 unspecified atom stereocenters. The predicted molar refractivity (Wildman–Crippen MR) is 81.8 cm³/mol. The molecule has 0 aromatic heterocycles. The maximum atomic E-state index is 11.1. The first kappa shape index (κ1) is 13.7. The van der Waals surface area contributed by atoms with Crippen LogP contribution in [0.2, 0.25) is 5.02 Å². The fourth-order valence-electron chi connectivity index (χ4n) is 1.59. The minimum Gasteiger partial charge on any atom is -0.399 e. The molecule has 6 heteroatoms. The van der Waals surface area contributed by atoms with Crippen LogP contribution in [0.3, 0.4) is 0 Å². The van der Waals surface area contributed by atoms with Crippen molar-refractivity contribution in [2.24, 2.45) is 5.73 Å². The highest BCUT2D eigenvalue weighted by Gasteiger charge is 2.08. The van der Waals surface area contributed by atoms with Crippen molar-refractivity contribution in [3.8, 4) is 0 Å². The van der Waals surface area contributed by atoms with Crippen LogP contribution in [0.15, 0.2) is 40.9 Å². The van der Waals surface area contributed by atoms with Crippen molar-refractivity contribution in [1.29, 1.82) is 0 Å². The van der Waals surface area contributed by atoms with Crippen LogP contribution in [0, 0.1) is 0 Å². The summed E-state index contributed by atoms with van der Waals surface area (Å²) in [7, 11) is 0. The average molecular weight is 341 g/mol. The van der Waals surface area contributed by atoms with Crippen LogP contribution in [-0.2, 0) is 0 Å². The summed E-state index contributed by atoms with van der Waals surface area (Å²) in [6.45, 7) is 0. The van der Waals surface area contributed by atoms with Crippen LogP contribution in [0.1, 0.15) is 10.4 Å². The molecule has 0 fully saturated rings. The molecule has 0 spiro atoms. The van der Waals surface area contributed by atoms with Gasteiger partial charge >= 0.3 is 0 Å². The van der Waals surface area contributed by atoms with E-state index in [0.717, 1.165) is 5.69 Å². The van der Waals surface area contributed by atoms with Crippen molar-refractivity contribution in [3.63, 3.8) is 0 Å². The number of nitrogens with one attached hydrogen (secondary N) is 1. The molecule has 2 rings (SSSR count). The lowest BCUT2D eigenvalue weighted by molar-refractivity contribution is 0.0999. The Labute approximate surface area is 123 Å². The van der Waals surface area contributed by atoms with Gasteiger partial charge in [0.1, 0.15) is 0 Å². The molecule has 1 amide bonds. The van der Waals surface area contributed by atoms with E-state index in [1.807, 2.05) is 0 Å². The molecule has 98 valence electrons. The molecule has 0 aliphatic rings. The van der Waals surface area contributed by atoms with Gasteiger partial charge in [0.2, 0.25) is 5.91 Å². The molecule has 0 saturated heterocycles. The molecule has 0 heterocycles. The van der Waals surface area contributed by atoms with Crippen molar-refractivity contribution in [3.05, 3.63) is 51.5 Å². The number of primary amides is 1. The van der Waals surface area contributed by atoms with Gasteiger partial charge in [0.05, 0.1) is 16.3 Å². The van der Waals surface area contributed by atoms with Crippen molar-refractivity contribution in [2.75, 3.05) is 11.1 Å². The number of carbonyl (C=O) groups excluding carboxylic acids is 1. The van der Waals surface area contributed by atoms with E-state index in [1.54, 1.807) is 36.4 Å². The number of halogens is 2. The zero-order chi connectivity index (χ0) is 14.0. The molecule has 0 bridgehead atoms. The standard InChI is InChI=1S/C13H11BrClN3O/c14-10-6-8(2-3-9(10)13(17)19)18-12-5-7(16)1-4-11(12)15/h1-6,18H,16H2,(H2,17,19). The van der Waals surface area contributed by atoms with E-state index in [0.29, 0.717) is 26.4 Å². The maximum Gasteiger partial charge on any atom is 0.249 e. The van der Waals surface area contributed by atoms with Crippen LogP contribution in [0.5, 0.6) is 0 Å². The summed E-state index contributed by atoms with van der Waals surface area (Å²) in [5.41, 5.74) is 13.4. The Morgan fingerprint density at radius 2 is 1.95 bits per heavy atom. The largest absolute Gasteiger partial charge is 0.399 e. The second-order valence-electron chi connectivity index (χ2n) is 3.92. The number of hydrogen-bond donors (Lipinski definition) is 3. The first-order valence-electron chi connectivity index (χ1n) is 5.39. The fraction of sp³-hybridized carbons (Fsp3) is 0. The normalized spacial score (nSPS) is 10.2. The molecule has 4 nitrogen and oxygen atoms in total. The molecule has 2 aromatic carbocycles. The van der Waals surface area contributed by atoms with Crippen molar-refractivity contribution in [1.82, 2.24) is 0 Å². The summed E-state index contributed by atoms with van der Waals surface area (Å²) in [5, 5.41) is 3.69. The highest BCUT2D eigenvalue weighted by Crippen LogP contribution is 2.29. The Bertz CT molecular complexity index is 646. The van der Waals surface area contributed by atoms with Crippen LogP contribution in [0.25, 0.3) is 0 Å². The number of rotatable bonds is 3. The van der Waals surface area contributed by atoms with Gasteiger partial charge in [-0.2, -0.15) is 0 Å². The van der Waals surface area contributed by atoms with Gasteiger partial charge in [0.15, 0.2) is 0 Å². The van der Waals surface area contributed by atoms with Gasteiger partial charge in [-0.3, -0.25) is 4.79 Å². The molecule has 0 aliphatic carbocycles. The number of anilines is 3. The number of benzene rings is 2. The summed E-state index contributed by atoms with van der Waals surface area (Å²) < 4.78 is 0.616. The molecular formula is C13H11BrClN3O. The van der Waals surface area contributed by atoms with Gasteiger partial charge in [-0.05, 0) is 52.3 Å². The third kappa shape index (κ3) is 3.19. The van der Waals surface area contributed by atoms with Crippen LogP contribution < -0.4 is 16.8 Å². The Balaban J connectivity index is 2.31. The maximum absolute atomic E-state index is 11.1. The third-order valence-corrected chi connectivity index (χ3v) is 3.49. The smallest absolute Gasteiger partial charge is 0.249 e. The lowest BCUT2D eigenvalue weighted by Crippen LogP contribution is -2.11. The third-order valence-electron chi connectivity index (χ3n) is 2.50. The molecule has 2 aromatic rings. The molecule has 19 heavy (non-hydrogen) atoms. The average Bonchev–Trinajstić information content (AvgIpc) is 2.33. The molecule has 0 saturated carbocycles.